The van der Waals surface area contributed by atoms with Gasteiger partial charge in [-0.25, -0.2) is 0 Å². The number of allylic oxidation sites excluding steroid dienone is 2. The number of hydrogen-bond acceptors (Lipinski definition) is 2. The Bertz CT molecular complexity index is 2720. The second-order valence-electron chi connectivity index (χ2n) is 14.0. The van der Waals surface area contributed by atoms with Gasteiger partial charge in [-0.1, -0.05) is 127 Å². The van der Waals surface area contributed by atoms with E-state index in [0.717, 1.165) is 65.1 Å². The van der Waals surface area contributed by atoms with Crippen LogP contribution in [0.15, 0.2) is 148 Å². The maximum absolute atomic E-state index is 6.62. The molecule has 3 aliphatic carbocycles. The summed E-state index contributed by atoms with van der Waals surface area (Å²) in [7, 11) is 0. The Balaban J connectivity index is 1.15. The largest absolute Gasteiger partial charge is 0.460 e. The minimum Gasteiger partial charge on any atom is -0.460 e. The summed E-state index contributed by atoms with van der Waals surface area (Å²) in [5.41, 5.74) is 15.6. The predicted molar refractivity (Wildman–Crippen MR) is 206 cm³/mol. The molecule has 2 heterocycles. The van der Waals surface area contributed by atoms with Crippen LogP contribution >= 0.6 is 0 Å². The molecule has 11 rings (SSSR count). The van der Waals surface area contributed by atoms with Crippen LogP contribution in [-0.4, -0.2) is 0 Å². The smallest absolute Gasteiger partial charge is 0.142 e. The lowest BCUT2D eigenvalue weighted by Gasteiger charge is -2.34. The van der Waals surface area contributed by atoms with E-state index in [4.69, 9.17) is 8.83 Å². The first-order valence-electron chi connectivity index (χ1n) is 18.0. The first-order valence-corrected chi connectivity index (χ1v) is 18.0. The van der Waals surface area contributed by atoms with Gasteiger partial charge in [-0.3, -0.25) is 0 Å². The molecule has 2 aromatic heterocycles. The second-order valence-corrected chi connectivity index (χ2v) is 14.0. The standard InChI is InChI=1S/C49H32O2/c1-5-25-43-37(17-1)38-18-2-6-26-44(38)49(43,33-15-9-13-31(29-33)35-21-11-23-41-39-19-3-7-27-45(39)50-47(35)41)34-16-10-14-32(30-34)36-22-12-24-42-40-20-4-8-28-46(40)51-48(36)42/h1,3-7,9-10,12-17,19-22,24-27,29-30H,8,11,23,28H2. The normalized spacial score (nSPS) is 15.2. The first-order chi connectivity index (χ1) is 25.3. The molecule has 0 saturated carbocycles. The van der Waals surface area contributed by atoms with E-state index in [1.54, 1.807) is 0 Å². The molecular formula is C49H32O2. The Morgan fingerprint density at radius 1 is 0.627 bits per heavy atom. The third-order valence-corrected chi connectivity index (χ3v) is 11.4. The fraction of sp³-hybridized carbons (Fsp3) is 0.102. The summed E-state index contributed by atoms with van der Waals surface area (Å²) < 4.78 is 13.2. The van der Waals surface area contributed by atoms with Crippen LogP contribution in [0, 0.1) is 12.1 Å². The Labute approximate surface area is 297 Å². The summed E-state index contributed by atoms with van der Waals surface area (Å²) in [4.78, 5) is 0. The zero-order valence-electron chi connectivity index (χ0n) is 28.0. The molecule has 0 saturated heterocycles. The van der Waals surface area contributed by atoms with Gasteiger partial charge in [0.15, 0.2) is 0 Å². The number of aryl methyl sites for hydroxylation is 2. The van der Waals surface area contributed by atoms with Gasteiger partial charge < -0.3 is 8.83 Å². The minimum absolute atomic E-state index is 0.589. The fourth-order valence-corrected chi connectivity index (χ4v) is 9.18. The highest BCUT2D eigenvalue weighted by molar-refractivity contribution is 5.99. The monoisotopic (exact) mass is 652 g/mol. The van der Waals surface area contributed by atoms with Gasteiger partial charge in [-0.2, -0.15) is 0 Å². The van der Waals surface area contributed by atoms with Gasteiger partial charge in [0.05, 0.1) is 5.41 Å². The molecular weight excluding hydrogens is 621 g/mol. The number of fused-ring (bicyclic) bond motifs is 9. The lowest BCUT2D eigenvalue weighted by molar-refractivity contribution is 0.547. The topological polar surface area (TPSA) is 26.3 Å². The van der Waals surface area contributed by atoms with Crippen molar-refractivity contribution in [3.05, 3.63) is 202 Å². The molecule has 0 N–H and O–H groups in total. The van der Waals surface area contributed by atoms with Gasteiger partial charge in [0.25, 0.3) is 0 Å². The van der Waals surface area contributed by atoms with Crippen molar-refractivity contribution in [3.63, 3.8) is 0 Å². The molecule has 240 valence electrons. The van der Waals surface area contributed by atoms with E-state index in [2.05, 4.69) is 152 Å². The number of furan rings is 2. The molecule has 2 nitrogen and oxygen atoms in total. The van der Waals surface area contributed by atoms with Crippen LogP contribution in [0.1, 0.15) is 63.3 Å². The van der Waals surface area contributed by atoms with Crippen LogP contribution in [0.25, 0.3) is 55.8 Å². The summed E-state index contributed by atoms with van der Waals surface area (Å²) in [6, 6.07) is 53.2. The van der Waals surface area contributed by atoms with Crippen LogP contribution in [0.2, 0.25) is 0 Å². The number of benzene rings is 5. The Hall–Kier alpha value is -6.30. The zero-order valence-corrected chi connectivity index (χ0v) is 28.0. The van der Waals surface area contributed by atoms with Crippen molar-refractivity contribution >= 4 is 33.6 Å². The van der Waals surface area contributed by atoms with Gasteiger partial charge in [0, 0.05) is 45.0 Å². The van der Waals surface area contributed by atoms with Crippen molar-refractivity contribution < 1.29 is 8.83 Å². The molecule has 1 atom stereocenters. The van der Waals surface area contributed by atoms with Crippen molar-refractivity contribution in [2.24, 2.45) is 0 Å². The van der Waals surface area contributed by atoms with Gasteiger partial charge in [-0.05, 0) is 88.5 Å². The summed E-state index contributed by atoms with van der Waals surface area (Å²) >= 11 is 0. The summed E-state index contributed by atoms with van der Waals surface area (Å²) in [6.45, 7) is 0. The van der Waals surface area contributed by atoms with E-state index in [-0.39, 0.29) is 0 Å². The average molecular weight is 653 g/mol. The van der Waals surface area contributed by atoms with Gasteiger partial charge >= 0.3 is 0 Å². The zero-order chi connectivity index (χ0) is 33.5. The van der Waals surface area contributed by atoms with Gasteiger partial charge in [-0.15, -0.1) is 0 Å². The molecule has 3 aliphatic rings. The van der Waals surface area contributed by atoms with Crippen molar-refractivity contribution in [3.8, 4) is 22.3 Å². The maximum atomic E-state index is 6.62. The van der Waals surface area contributed by atoms with Crippen molar-refractivity contribution in [2.75, 3.05) is 0 Å². The third-order valence-electron chi connectivity index (χ3n) is 11.4. The van der Waals surface area contributed by atoms with E-state index in [9.17, 15) is 0 Å². The number of para-hydroxylation sites is 2. The van der Waals surface area contributed by atoms with E-state index in [1.165, 1.54) is 60.9 Å². The molecule has 0 aliphatic heterocycles. The number of rotatable bonds is 4. The molecule has 51 heavy (non-hydrogen) atoms. The van der Waals surface area contributed by atoms with Crippen LogP contribution in [0.5, 0.6) is 0 Å². The average Bonchev–Trinajstić information content (AvgIpc) is 3.87. The van der Waals surface area contributed by atoms with Gasteiger partial charge in [0.1, 0.15) is 22.7 Å². The van der Waals surface area contributed by atoms with Crippen LogP contribution in [0.4, 0.5) is 0 Å². The summed E-state index contributed by atoms with van der Waals surface area (Å²) in [6.07, 6.45) is 10.8. The third kappa shape index (κ3) is 4.01. The van der Waals surface area contributed by atoms with E-state index in [0.29, 0.717) is 0 Å². The summed E-state index contributed by atoms with van der Waals surface area (Å²) in [5.74, 6) is 2.08. The van der Waals surface area contributed by atoms with Crippen molar-refractivity contribution in [1.29, 1.82) is 0 Å². The Kier molecular flexibility index (Phi) is 6.07. The second kappa shape index (κ2) is 10.8. The van der Waals surface area contributed by atoms with Crippen LogP contribution in [-0.2, 0) is 18.3 Å². The Morgan fingerprint density at radius 2 is 1.41 bits per heavy atom. The van der Waals surface area contributed by atoms with Crippen molar-refractivity contribution in [2.45, 2.75) is 31.1 Å². The fourth-order valence-electron chi connectivity index (χ4n) is 9.18. The van der Waals surface area contributed by atoms with E-state index in [1.807, 2.05) is 6.07 Å². The molecule has 0 bridgehead atoms. The molecule has 0 radical (unpaired) electrons. The van der Waals surface area contributed by atoms with Crippen molar-refractivity contribution in [1.82, 2.24) is 0 Å². The molecule has 0 spiro atoms. The quantitative estimate of drug-likeness (QED) is 0.189. The molecule has 2 heteroatoms. The SMILES string of the molecule is c1ccc2c(c#1)-c1ccccc1C2(c1cccc(C2=CCCc3c2oc2ccccc32)c1)c1cccc(-c2cccc3c4c(oc23)CCC=C4)c1. The molecule has 8 aromatic rings. The number of hydrogen-bond donors (Lipinski definition) is 0. The highest BCUT2D eigenvalue weighted by atomic mass is 16.3. The first kappa shape index (κ1) is 28.5. The predicted octanol–water partition coefficient (Wildman–Crippen LogP) is 12.1. The lowest BCUT2D eigenvalue weighted by Crippen LogP contribution is -2.28. The summed E-state index contributed by atoms with van der Waals surface area (Å²) in [5, 5.41) is 2.40. The lowest BCUT2D eigenvalue weighted by atomic mass is 9.67. The minimum atomic E-state index is -0.589. The highest BCUT2D eigenvalue weighted by Gasteiger charge is 2.46. The van der Waals surface area contributed by atoms with Gasteiger partial charge in [0.2, 0.25) is 0 Å². The highest BCUT2D eigenvalue weighted by Crippen LogP contribution is 2.56. The molecule has 6 aromatic carbocycles. The van der Waals surface area contributed by atoms with E-state index < -0.39 is 5.41 Å². The van der Waals surface area contributed by atoms with Crippen LogP contribution < -0.4 is 0 Å². The molecule has 1 unspecified atom stereocenters. The van der Waals surface area contributed by atoms with E-state index >= 15 is 0 Å². The Morgan fingerprint density at radius 3 is 2.35 bits per heavy atom. The van der Waals surface area contributed by atoms with Crippen LogP contribution in [0.3, 0.4) is 0 Å². The maximum Gasteiger partial charge on any atom is 0.142 e. The molecule has 0 amide bonds. The molecule has 0 fully saturated rings.